The molecule has 1 aromatic carbocycles. The SMILES string of the molecule is OC(CCCCCCCCCCCCCCC[C@@H]1CCCCCC[C@H]1O)Cc1ccccc1. The molecule has 3 atom stereocenters. The van der Waals surface area contributed by atoms with E-state index in [4.69, 9.17) is 0 Å². The standard InChI is InChI=1S/C31H54O2/c32-30(27-28-21-15-14-16-22-28)25-19-11-9-7-5-3-1-2-4-6-8-10-17-23-29-24-18-12-13-20-26-31(29)33/h14-16,21-22,29-33H,1-13,17-20,23-27H2/t29-,30?,31-/m1/s1. The van der Waals surface area contributed by atoms with Crippen molar-refractivity contribution >= 4 is 0 Å². The third kappa shape index (κ3) is 14.9. The van der Waals surface area contributed by atoms with Crippen molar-refractivity contribution in [1.82, 2.24) is 0 Å². The fourth-order valence-electron chi connectivity index (χ4n) is 5.60. The summed E-state index contributed by atoms with van der Waals surface area (Å²) in [5.74, 6) is 0.588. The minimum absolute atomic E-state index is 0.0171. The predicted octanol–water partition coefficient (Wildman–Crippen LogP) is 8.77. The van der Waals surface area contributed by atoms with Gasteiger partial charge in [0, 0.05) is 0 Å². The maximum Gasteiger partial charge on any atom is 0.0580 e. The second-order valence-electron chi connectivity index (χ2n) is 10.8. The molecule has 190 valence electrons. The van der Waals surface area contributed by atoms with Gasteiger partial charge in [0.25, 0.3) is 0 Å². The van der Waals surface area contributed by atoms with E-state index in [9.17, 15) is 10.2 Å². The molecule has 2 heteroatoms. The van der Waals surface area contributed by atoms with Crippen LogP contribution in [0.1, 0.15) is 140 Å². The van der Waals surface area contributed by atoms with Crippen LogP contribution in [0.3, 0.4) is 0 Å². The van der Waals surface area contributed by atoms with Crippen molar-refractivity contribution in [2.45, 2.75) is 153 Å². The molecular formula is C31H54O2. The second-order valence-corrected chi connectivity index (χ2v) is 10.8. The van der Waals surface area contributed by atoms with Crippen molar-refractivity contribution in [3.8, 4) is 0 Å². The highest BCUT2D eigenvalue weighted by Crippen LogP contribution is 2.27. The summed E-state index contributed by atoms with van der Waals surface area (Å²) in [6.45, 7) is 0. The Labute approximate surface area is 205 Å². The number of hydrogen-bond acceptors (Lipinski definition) is 2. The van der Waals surface area contributed by atoms with Crippen LogP contribution in [-0.2, 0) is 6.42 Å². The van der Waals surface area contributed by atoms with E-state index in [0.29, 0.717) is 5.92 Å². The molecule has 1 aromatic rings. The molecule has 33 heavy (non-hydrogen) atoms. The number of benzene rings is 1. The zero-order valence-electron chi connectivity index (χ0n) is 21.6. The quantitative estimate of drug-likeness (QED) is 0.216. The van der Waals surface area contributed by atoms with Crippen molar-refractivity contribution in [3.05, 3.63) is 35.9 Å². The van der Waals surface area contributed by atoms with Crippen LogP contribution in [0.25, 0.3) is 0 Å². The number of aliphatic hydroxyl groups excluding tert-OH is 2. The van der Waals surface area contributed by atoms with E-state index in [1.165, 1.54) is 121 Å². The van der Waals surface area contributed by atoms with Crippen LogP contribution in [0.5, 0.6) is 0 Å². The highest BCUT2D eigenvalue weighted by Gasteiger charge is 2.19. The molecule has 1 unspecified atom stereocenters. The molecule has 0 spiro atoms. The minimum atomic E-state index is -0.180. The first-order valence-electron chi connectivity index (χ1n) is 14.7. The van der Waals surface area contributed by atoms with E-state index in [-0.39, 0.29) is 12.2 Å². The molecular weight excluding hydrogens is 404 g/mol. The van der Waals surface area contributed by atoms with Gasteiger partial charge in [0.05, 0.1) is 12.2 Å². The van der Waals surface area contributed by atoms with Gasteiger partial charge in [0.2, 0.25) is 0 Å². The Morgan fingerprint density at radius 2 is 1.15 bits per heavy atom. The van der Waals surface area contributed by atoms with Crippen LogP contribution in [0.15, 0.2) is 30.3 Å². The summed E-state index contributed by atoms with van der Waals surface area (Å²) in [6.07, 6.45) is 28.0. The Hall–Kier alpha value is -0.860. The average Bonchev–Trinajstić information content (AvgIpc) is 2.81. The molecule has 1 saturated carbocycles. The van der Waals surface area contributed by atoms with Crippen molar-refractivity contribution < 1.29 is 10.2 Å². The number of rotatable bonds is 18. The number of unbranched alkanes of at least 4 members (excludes halogenated alkanes) is 12. The molecule has 0 heterocycles. The van der Waals surface area contributed by atoms with Crippen LogP contribution in [-0.4, -0.2) is 22.4 Å². The first-order valence-corrected chi connectivity index (χ1v) is 14.7. The lowest BCUT2D eigenvalue weighted by Gasteiger charge is -2.25. The van der Waals surface area contributed by atoms with Gasteiger partial charge in [-0.2, -0.15) is 0 Å². The topological polar surface area (TPSA) is 40.5 Å². The third-order valence-corrected chi connectivity index (χ3v) is 7.80. The average molecular weight is 459 g/mol. The lowest BCUT2D eigenvalue weighted by molar-refractivity contribution is 0.0774. The molecule has 0 bridgehead atoms. The van der Waals surface area contributed by atoms with E-state index >= 15 is 0 Å². The molecule has 0 amide bonds. The molecule has 2 nitrogen and oxygen atoms in total. The van der Waals surface area contributed by atoms with E-state index in [0.717, 1.165) is 25.7 Å². The first kappa shape index (κ1) is 28.4. The summed E-state index contributed by atoms with van der Waals surface area (Å²) in [5.41, 5.74) is 1.25. The molecule has 0 aromatic heterocycles. The van der Waals surface area contributed by atoms with E-state index < -0.39 is 0 Å². The van der Waals surface area contributed by atoms with Gasteiger partial charge in [-0.15, -0.1) is 0 Å². The predicted molar refractivity (Wildman–Crippen MR) is 143 cm³/mol. The second kappa shape index (κ2) is 19.4. The lowest BCUT2D eigenvalue weighted by atomic mass is 9.85. The first-order chi connectivity index (χ1) is 16.3. The maximum absolute atomic E-state index is 10.3. The zero-order chi connectivity index (χ0) is 23.4. The molecule has 0 saturated heterocycles. The highest BCUT2D eigenvalue weighted by molar-refractivity contribution is 5.15. The summed E-state index contributed by atoms with van der Waals surface area (Å²) in [4.78, 5) is 0. The van der Waals surface area contributed by atoms with Gasteiger partial charge in [-0.3, -0.25) is 0 Å². The fraction of sp³-hybridized carbons (Fsp3) is 0.806. The van der Waals surface area contributed by atoms with Gasteiger partial charge in [-0.25, -0.2) is 0 Å². The van der Waals surface area contributed by atoms with Crippen molar-refractivity contribution in [3.63, 3.8) is 0 Å². The fourth-order valence-corrected chi connectivity index (χ4v) is 5.60. The summed E-state index contributed by atoms with van der Waals surface area (Å²) < 4.78 is 0. The monoisotopic (exact) mass is 458 g/mol. The Balaban J connectivity index is 1.29. The Kier molecular flexibility index (Phi) is 16.7. The largest absolute Gasteiger partial charge is 0.393 e. The van der Waals surface area contributed by atoms with Gasteiger partial charge in [-0.1, -0.05) is 139 Å². The van der Waals surface area contributed by atoms with Crippen molar-refractivity contribution in [1.29, 1.82) is 0 Å². The van der Waals surface area contributed by atoms with E-state index in [2.05, 4.69) is 24.3 Å². The van der Waals surface area contributed by atoms with Gasteiger partial charge >= 0.3 is 0 Å². The van der Waals surface area contributed by atoms with Crippen molar-refractivity contribution in [2.75, 3.05) is 0 Å². The normalized spacial score (nSPS) is 20.3. The molecule has 1 aliphatic carbocycles. The molecule has 2 rings (SSSR count). The van der Waals surface area contributed by atoms with Crippen molar-refractivity contribution in [2.24, 2.45) is 5.92 Å². The molecule has 0 radical (unpaired) electrons. The number of hydrogen-bond donors (Lipinski definition) is 2. The van der Waals surface area contributed by atoms with E-state index in [1.54, 1.807) is 0 Å². The van der Waals surface area contributed by atoms with Gasteiger partial charge in [0.1, 0.15) is 0 Å². The maximum atomic E-state index is 10.3. The van der Waals surface area contributed by atoms with E-state index in [1.807, 2.05) is 6.07 Å². The van der Waals surface area contributed by atoms with Gasteiger partial charge in [-0.05, 0) is 43.6 Å². The van der Waals surface area contributed by atoms with Crippen LogP contribution in [0.2, 0.25) is 0 Å². The molecule has 1 aliphatic rings. The van der Waals surface area contributed by atoms with Crippen LogP contribution in [0.4, 0.5) is 0 Å². The van der Waals surface area contributed by atoms with Crippen LogP contribution >= 0.6 is 0 Å². The summed E-state index contributed by atoms with van der Waals surface area (Å²) in [5, 5.41) is 20.5. The highest BCUT2D eigenvalue weighted by atomic mass is 16.3. The van der Waals surface area contributed by atoms with Gasteiger partial charge < -0.3 is 10.2 Å². The summed E-state index contributed by atoms with van der Waals surface area (Å²) in [6, 6.07) is 10.3. The van der Waals surface area contributed by atoms with Crippen LogP contribution in [0, 0.1) is 5.92 Å². The number of aliphatic hydroxyl groups is 2. The Bertz CT molecular complexity index is 543. The molecule has 0 aliphatic heterocycles. The summed E-state index contributed by atoms with van der Waals surface area (Å²) in [7, 11) is 0. The van der Waals surface area contributed by atoms with Crippen LogP contribution < -0.4 is 0 Å². The molecule has 1 fully saturated rings. The minimum Gasteiger partial charge on any atom is -0.393 e. The Morgan fingerprint density at radius 1 is 0.636 bits per heavy atom. The zero-order valence-corrected chi connectivity index (χ0v) is 21.6. The molecule has 2 N–H and O–H groups in total. The van der Waals surface area contributed by atoms with Gasteiger partial charge in [0.15, 0.2) is 0 Å². The third-order valence-electron chi connectivity index (χ3n) is 7.80. The summed E-state index contributed by atoms with van der Waals surface area (Å²) >= 11 is 0. The Morgan fingerprint density at radius 3 is 1.76 bits per heavy atom. The smallest absolute Gasteiger partial charge is 0.0580 e. The lowest BCUT2D eigenvalue weighted by Crippen LogP contribution is -2.21.